The van der Waals surface area contributed by atoms with Crippen LogP contribution in [0.3, 0.4) is 0 Å². The summed E-state index contributed by atoms with van der Waals surface area (Å²) in [6.07, 6.45) is 3.08. The van der Waals surface area contributed by atoms with Crippen LogP contribution in [-0.2, 0) is 22.7 Å². The van der Waals surface area contributed by atoms with Crippen molar-refractivity contribution in [1.82, 2.24) is 19.8 Å². The number of nitrogens with zero attached hydrogens (tertiary/aromatic N) is 3. The third-order valence-corrected chi connectivity index (χ3v) is 5.97. The fourth-order valence-corrected chi connectivity index (χ4v) is 4.19. The van der Waals surface area contributed by atoms with E-state index in [1.54, 1.807) is 6.33 Å². The summed E-state index contributed by atoms with van der Waals surface area (Å²) in [5.41, 5.74) is 3.66. The topological polar surface area (TPSA) is 76.5 Å². The fourth-order valence-electron chi connectivity index (χ4n) is 4.19. The van der Waals surface area contributed by atoms with E-state index in [2.05, 4.69) is 41.5 Å². The third-order valence-electron chi connectivity index (χ3n) is 5.97. The van der Waals surface area contributed by atoms with E-state index in [0.717, 1.165) is 11.3 Å². The van der Waals surface area contributed by atoms with Crippen molar-refractivity contribution < 1.29 is 14.3 Å². The maximum absolute atomic E-state index is 13.1. The lowest BCUT2D eigenvalue weighted by molar-refractivity contribution is -0.126. The summed E-state index contributed by atoms with van der Waals surface area (Å²) >= 11 is 0. The quantitative estimate of drug-likeness (QED) is 0.841. The van der Waals surface area contributed by atoms with Gasteiger partial charge in [0.1, 0.15) is 6.10 Å². The van der Waals surface area contributed by atoms with Crippen LogP contribution in [0, 0.1) is 12.8 Å². The van der Waals surface area contributed by atoms with Gasteiger partial charge in [0, 0.05) is 25.0 Å². The second-order valence-electron chi connectivity index (χ2n) is 8.63. The minimum atomic E-state index is -0.0659. The second kappa shape index (κ2) is 8.60. The summed E-state index contributed by atoms with van der Waals surface area (Å²) in [6, 6.07) is 8.49. The molecule has 0 bridgehead atoms. The van der Waals surface area contributed by atoms with E-state index in [4.69, 9.17) is 4.74 Å². The van der Waals surface area contributed by atoms with E-state index in [1.807, 2.05) is 23.3 Å². The van der Waals surface area contributed by atoms with Crippen LogP contribution in [0.2, 0.25) is 0 Å². The van der Waals surface area contributed by atoms with Gasteiger partial charge in [-0.3, -0.25) is 9.59 Å². The van der Waals surface area contributed by atoms with Gasteiger partial charge in [0.15, 0.2) is 5.69 Å². The molecule has 2 aliphatic rings. The van der Waals surface area contributed by atoms with Gasteiger partial charge in [-0.15, -0.1) is 0 Å². The van der Waals surface area contributed by atoms with Crippen molar-refractivity contribution in [3.63, 3.8) is 0 Å². The Morgan fingerprint density at radius 3 is 2.53 bits per heavy atom. The lowest BCUT2D eigenvalue weighted by Crippen LogP contribution is -2.44. The van der Waals surface area contributed by atoms with Gasteiger partial charge in [0.2, 0.25) is 5.91 Å². The Labute approximate surface area is 177 Å². The lowest BCUT2D eigenvalue weighted by Gasteiger charge is -2.32. The molecule has 7 heteroatoms. The molecule has 30 heavy (non-hydrogen) atoms. The number of hydrogen-bond donors (Lipinski definition) is 1. The molecule has 7 nitrogen and oxygen atoms in total. The van der Waals surface area contributed by atoms with Crippen molar-refractivity contribution in [3.05, 3.63) is 53.1 Å². The summed E-state index contributed by atoms with van der Waals surface area (Å²) < 4.78 is 8.10. The molecule has 2 aromatic rings. The molecule has 1 atom stereocenters. The van der Waals surface area contributed by atoms with Crippen molar-refractivity contribution in [2.75, 3.05) is 13.1 Å². The van der Waals surface area contributed by atoms with Gasteiger partial charge in [0.25, 0.3) is 5.91 Å². The molecule has 2 aliphatic heterocycles. The molecule has 0 radical (unpaired) electrons. The first kappa shape index (κ1) is 20.6. The summed E-state index contributed by atoms with van der Waals surface area (Å²) in [4.78, 5) is 31.5. The van der Waals surface area contributed by atoms with Crippen molar-refractivity contribution >= 4 is 11.8 Å². The number of benzene rings is 1. The highest BCUT2D eigenvalue weighted by Crippen LogP contribution is 2.29. The number of carbonyl (C=O) groups is 2. The number of nitrogens with one attached hydrogen (secondary N) is 1. The van der Waals surface area contributed by atoms with E-state index >= 15 is 0 Å². The summed E-state index contributed by atoms with van der Waals surface area (Å²) in [7, 11) is 0. The van der Waals surface area contributed by atoms with Crippen LogP contribution in [0.4, 0.5) is 0 Å². The molecule has 1 N–H and O–H groups in total. The Morgan fingerprint density at radius 1 is 1.17 bits per heavy atom. The molecule has 160 valence electrons. The van der Waals surface area contributed by atoms with Crippen molar-refractivity contribution in [2.45, 2.75) is 58.9 Å². The fraction of sp³-hybridized carbons (Fsp3) is 0.522. The summed E-state index contributed by atoms with van der Waals surface area (Å²) in [5.74, 6) is 0.00170. The molecular formula is C23H30N4O3. The van der Waals surface area contributed by atoms with E-state index in [1.165, 1.54) is 5.56 Å². The number of hydrogen-bond acceptors (Lipinski definition) is 4. The van der Waals surface area contributed by atoms with E-state index < -0.39 is 0 Å². The number of rotatable bonds is 4. The molecule has 1 aromatic carbocycles. The van der Waals surface area contributed by atoms with E-state index in [0.29, 0.717) is 44.8 Å². The molecule has 1 aromatic heterocycles. The van der Waals surface area contributed by atoms with Crippen LogP contribution in [0.5, 0.6) is 0 Å². The van der Waals surface area contributed by atoms with Crippen LogP contribution in [0.1, 0.15) is 60.1 Å². The first-order chi connectivity index (χ1) is 14.4. The predicted octanol–water partition coefficient (Wildman–Crippen LogP) is 2.84. The maximum Gasteiger partial charge on any atom is 0.274 e. The van der Waals surface area contributed by atoms with Gasteiger partial charge in [0.05, 0.1) is 25.2 Å². The van der Waals surface area contributed by atoms with Gasteiger partial charge >= 0.3 is 0 Å². The first-order valence-corrected chi connectivity index (χ1v) is 10.7. The average molecular weight is 411 g/mol. The zero-order valence-electron chi connectivity index (χ0n) is 17.9. The predicted molar refractivity (Wildman–Crippen MR) is 113 cm³/mol. The molecule has 2 amide bonds. The molecule has 0 aliphatic carbocycles. The second-order valence-corrected chi connectivity index (χ2v) is 8.63. The minimum absolute atomic E-state index is 0.0223. The molecule has 1 fully saturated rings. The average Bonchev–Trinajstić information content (AvgIpc) is 3.16. The highest BCUT2D eigenvalue weighted by Gasteiger charge is 2.32. The SMILES string of the molecule is Cc1ccc([C@H]2Cn3cnc(C(=O)N4CCC(C(=O)NC(C)C)CC4)c3CO2)cc1. The van der Waals surface area contributed by atoms with Gasteiger partial charge in [-0.05, 0) is 39.2 Å². The molecule has 0 unspecified atom stereocenters. The lowest BCUT2D eigenvalue weighted by atomic mass is 9.95. The summed E-state index contributed by atoms with van der Waals surface area (Å²) in [5, 5.41) is 2.97. The standard InChI is InChI=1S/C23H30N4O3/c1-15(2)25-22(28)18-8-10-26(11-9-18)23(29)21-19-13-30-20(12-27(19)14-24-21)17-6-4-16(3)5-7-17/h4-7,14-15,18,20H,8-13H2,1-3H3,(H,25,28)/t20-/m1/s1. The number of imidazole rings is 1. The van der Waals surface area contributed by atoms with E-state index in [-0.39, 0.29) is 29.9 Å². The molecule has 4 rings (SSSR count). The summed E-state index contributed by atoms with van der Waals surface area (Å²) in [6.45, 7) is 8.16. The Hall–Kier alpha value is -2.67. The molecule has 0 saturated carbocycles. The van der Waals surface area contributed by atoms with Crippen molar-refractivity contribution in [2.24, 2.45) is 5.92 Å². The number of likely N-dealkylation sites (tertiary alicyclic amines) is 1. The number of fused-ring (bicyclic) bond motifs is 1. The molecule has 0 spiro atoms. The van der Waals surface area contributed by atoms with Crippen LogP contribution in [-0.4, -0.2) is 45.4 Å². The number of ether oxygens (including phenoxy) is 1. The van der Waals surface area contributed by atoms with Crippen LogP contribution in [0.25, 0.3) is 0 Å². The van der Waals surface area contributed by atoms with Crippen LogP contribution < -0.4 is 5.32 Å². The maximum atomic E-state index is 13.1. The zero-order chi connectivity index (χ0) is 21.3. The van der Waals surface area contributed by atoms with Gasteiger partial charge < -0.3 is 19.5 Å². The normalized spacial score (nSPS) is 19.6. The van der Waals surface area contributed by atoms with Crippen molar-refractivity contribution in [1.29, 1.82) is 0 Å². The number of piperidine rings is 1. The number of aryl methyl sites for hydroxylation is 1. The van der Waals surface area contributed by atoms with Crippen LogP contribution in [0.15, 0.2) is 30.6 Å². The first-order valence-electron chi connectivity index (χ1n) is 10.7. The Kier molecular flexibility index (Phi) is 5.90. The minimum Gasteiger partial charge on any atom is -0.365 e. The smallest absolute Gasteiger partial charge is 0.274 e. The Morgan fingerprint density at radius 2 is 1.87 bits per heavy atom. The third kappa shape index (κ3) is 4.26. The van der Waals surface area contributed by atoms with E-state index in [9.17, 15) is 9.59 Å². The van der Waals surface area contributed by atoms with Crippen molar-refractivity contribution in [3.8, 4) is 0 Å². The zero-order valence-corrected chi connectivity index (χ0v) is 17.9. The highest BCUT2D eigenvalue weighted by molar-refractivity contribution is 5.93. The van der Waals surface area contributed by atoms with Gasteiger partial charge in [-0.2, -0.15) is 0 Å². The number of amides is 2. The highest BCUT2D eigenvalue weighted by atomic mass is 16.5. The molecule has 1 saturated heterocycles. The van der Waals surface area contributed by atoms with Gasteiger partial charge in [-0.1, -0.05) is 29.8 Å². The van der Waals surface area contributed by atoms with Crippen LogP contribution >= 0.6 is 0 Å². The monoisotopic (exact) mass is 410 g/mol. The van der Waals surface area contributed by atoms with Gasteiger partial charge in [-0.25, -0.2) is 4.98 Å². The largest absolute Gasteiger partial charge is 0.365 e. The number of aromatic nitrogens is 2. The number of carbonyl (C=O) groups excluding carboxylic acids is 2. The molecule has 3 heterocycles. The molecular weight excluding hydrogens is 380 g/mol. The Balaban J connectivity index is 1.39. The Bertz CT molecular complexity index is 911.